The summed E-state index contributed by atoms with van der Waals surface area (Å²) in [5.41, 5.74) is 8.11. The second-order valence-corrected chi connectivity index (χ2v) is 3.73. The molecule has 0 bridgehead atoms. The van der Waals surface area contributed by atoms with Crippen LogP contribution in [0.1, 0.15) is 19.7 Å². The molecule has 0 unspecified atom stereocenters. The van der Waals surface area contributed by atoms with Crippen LogP contribution in [0.5, 0.6) is 0 Å². The number of hydrogen-bond acceptors (Lipinski definition) is 2. The van der Waals surface area contributed by atoms with E-state index in [1.54, 1.807) is 0 Å². The van der Waals surface area contributed by atoms with Gasteiger partial charge in [-0.2, -0.15) is 0 Å². The highest BCUT2D eigenvalue weighted by molar-refractivity contribution is 5.70. The molecule has 2 rings (SSSR count). The van der Waals surface area contributed by atoms with E-state index in [1.165, 1.54) is 0 Å². The minimum Gasteiger partial charge on any atom is -0.383 e. The van der Waals surface area contributed by atoms with Gasteiger partial charge in [-0.25, -0.2) is 4.98 Å². The monoisotopic (exact) mass is 215 g/mol. The molecule has 0 aliphatic rings. The molecule has 1 heterocycles. The zero-order valence-corrected chi connectivity index (χ0v) is 9.77. The summed E-state index contributed by atoms with van der Waals surface area (Å²) < 4.78 is 2.07. The van der Waals surface area contributed by atoms with Crippen LogP contribution < -0.4 is 5.73 Å². The van der Waals surface area contributed by atoms with Crippen molar-refractivity contribution in [2.24, 2.45) is 0 Å². The summed E-state index contributed by atoms with van der Waals surface area (Å²) in [5.74, 6) is 1.82. The Bertz CT molecular complexity index is 471. The van der Waals surface area contributed by atoms with Crippen LogP contribution in [0, 0.1) is 0 Å². The van der Waals surface area contributed by atoms with E-state index in [2.05, 4.69) is 23.4 Å². The van der Waals surface area contributed by atoms with Crippen LogP contribution in [0.2, 0.25) is 0 Å². The fourth-order valence-corrected chi connectivity index (χ4v) is 1.94. The Kier molecular flexibility index (Phi) is 2.95. The topological polar surface area (TPSA) is 43.8 Å². The lowest BCUT2D eigenvalue weighted by Crippen LogP contribution is -2.04. The van der Waals surface area contributed by atoms with Gasteiger partial charge in [-0.05, 0) is 6.92 Å². The number of rotatable bonds is 3. The molecule has 0 saturated heterocycles. The van der Waals surface area contributed by atoms with Crippen molar-refractivity contribution in [3.8, 4) is 11.3 Å². The van der Waals surface area contributed by atoms with E-state index >= 15 is 0 Å². The highest BCUT2D eigenvalue weighted by Gasteiger charge is 2.13. The van der Waals surface area contributed by atoms with Crippen LogP contribution in [0.15, 0.2) is 30.3 Å². The first-order chi connectivity index (χ1) is 7.77. The second kappa shape index (κ2) is 4.39. The van der Waals surface area contributed by atoms with Gasteiger partial charge in [-0.3, -0.25) is 0 Å². The van der Waals surface area contributed by atoms with Crippen molar-refractivity contribution in [3.05, 3.63) is 36.2 Å². The molecule has 2 aromatic rings. The first-order valence-corrected chi connectivity index (χ1v) is 5.68. The van der Waals surface area contributed by atoms with Gasteiger partial charge >= 0.3 is 0 Å². The third kappa shape index (κ3) is 1.69. The Balaban J connectivity index is 2.54. The van der Waals surface area contributed by atoms with E-state index in [1.807, 2.05) is 30.3 Å². The van der Waals surface area contributed by atoms with Gasteiger partial charge in [0.05, 0.1) is 0 Å². The molecule has 1 aromatic carbocycles. The molecule has 0 atom stereocenters. The summed E-state index contributed by atoms with van der Waals surface area (Å²) in [7, 11) is 0. The lowest BCUT2D eigenvalue weighted by Gasteiger charge is -2.04. The molecule has 0 aliphatic carbocycles. The third-order valence-corrected chi connectivity index (χ3v) is 2.77. The van der Waals surface area contributed by atoms with Crippen LogP contribution in [0.3, 0.4) is 0 Å². The van der Waals surface area contributed by atoms with E-state index < -0.39 is 0 Å². The molecule has 0 fully saturated rings. The van der Waals surface area contributed by atoms with Crippen molar-refractivity contribution in [2.75, 3.05) is 5.73 Å². The number of nitrogens with two attached hydrogens (primary N) is 1. The molecule has 2 N–H and O–H groups in total. The van der Waals surface area contributed by atoms with Crippen molar-refractivity contribution < 1.29 is 0 Å². The van der Waals surface area contributed by atoms with E-state index in [-0.39, 0.29) is 0 Å². The van der Waals surface area contributed by atoms with E-state index in [0.29, 0.717) is 0 Å². The Morgan fingerprint density at radius 1 is 1.19 bits per heavy atom. The highest BCUT2D eigenvalue weighted by Crippen LogP contribution is 2.26. The van der Waals surface area contributed by atoms with Crippen molar-refractivity contribution in [1.82, 2.24) is 9.55 Å². The Hall–Kier alpha value is -1.77. The first kappa shape index (κ1) is 10.7. The van der Waals surface area contributed by atoms with Crippen LogP contribution >= 0.6 is 0 Å². The summed E-state index contributed by atoms with van der Waals surface area (Å²) >= 11 is 0. The normalized spacial score (nSPS) is 10.6. The maximum atomic E-state index is 6.12. The molecule has 0 aliphatic heterocycles. The largest absolute Gasteiger partial charge is 0.383 e. The number of benzene rings is 1. The molecule has 0 saturated carbocycles. The Morgan fingerprint density at radius 2 is 1.88 bits per heavy atom. The molecular formula is C13H17N3. The minimum atomic E-state index is 0.769. The fraction of sp³-hybridized carbons (Fsp3) is 0.308. The molecule has 3 nitrogen and oxygen atoms in total. The average Bonchev–Trinajstić information content (AvgIpc) is 2.66. The van der Waals surface area contributed by atoms with Crippen molar-refractivity contribution in [2.45, 2.75) is 26.8 Å². The molecule has 84 valence electrons. The molecule has 16 heavy (non-hydrogen) atoms. The lowest BCUT2D eigenvalue weighted by molar-refractivity contribution is 0.713. The summed E-state index contributed by atoms with van der Waals surface area (Å²) in [4.78, 5) is 4.61. The summed E-state index contributed by atoms with van der Waals surface area (Å²) in [6.07, 6.45) is 0.908. The van der Waals surface area contributed by atoms with E-state index in [0.717, 1.165) is 35.9 Å². The predicted octanol–water partition coefficient (Wildman–Crippen LogP) is 2.71. The predicted molar refractivity (Wildman–Crippen MR) is 67.1 cm³/mol. The van der Waals surface area contributed by atoms with Crippen molar-refractivity contribution in [3.63, 3.8) is 0 Å². The van der Waals surface area contributed by atoms with Gasteiger partial charge < -0.3 is 10.3 Å². The van der Waals surface area contributed by atoms with E-state index in [9.17, 15) is 0 Å². The van der Waals surface area contributed by atoms with Crippen LogP contribution in [0.25, 0.3) is 11.3 Å². The summed E-state index contributed by atoms with van der Waals surface area (Å²) in [6.45, 7) is 5.06. The van der Waals surface area contributed by atoms with Gasteiger partial charge in [0.15, 0.2) is 0 Å². The third-order valence-electron chi connectivity index (χ3n) is 2.77. The first-order valence-electron chi connectivity index (χ1n) is 5.68. The average molecular weight is 215 g/mol. The molecule has 0 spiro atoms. The van der Waals surface area contributed by atoms with Crippen molar-refractivity contribution >= 4 is 5.82 Å². The number of hydrogen-bond donors (Lipinski definition) is 1. The smallest absolute Gasteiger partial charge is 0.131 e. The zero-order chi connectivity index (χ0) is 11.5. The summed E-state index contributed by atoms with van der Waals surface area (Å²) in [5, 5.41) is 0. The Morgan fingerprint density at radius 3 is 2.38 bits per heavy atom. The second-order valence-electron chi connectivity index (χ2n) is 3.73. The number of anilines is 1. The lowest BCUT2D eigenvalue weighted by atomic mass is 10.1. The maximum absolute atomic E-state index is 6.12. The quantitative estimate of drug-likeness (QED) is 0.855. The number of imidazole rings is 1. The number of nitrogen functional groups attached to an aromatic ring is 1. The molecular weight excluding hydrogens is 198 g/mol. The van der Waals surface area contributed by atoms with Crippen LogP contribution in [0.4, 0.5) is 5.82 Å². The number of nitrogens with zero attached hydrogens (tertiary/aromatic N) is 2. The van der Waals surface area contributed by atoms with Gasteiger partial charge in [0.1, 0.15) is 17.3 Å². The van der Waals surface area contributed by atoms with Crippen LogP contribution in [-0.2, 0) is 13.0 Å². The van der Waals surface area contributed by atoms with Gasteiger partial charge in [0.25, 0.3) is 0 Å². The van der Waals surface area contributed by atoms with E-state index in [4.69, 9.17) is 5.73 Å². The molecule has 0 radical (unpaired) electrons. The molecule has 3 heteroatoms. The van der Waals surface area contributed by atoms with Crippen LogP contribution in [-0.4, -0.2) is 9.55 Å². The molecule has 1 aromatic heterocycles. The molecule has 0 amide bonds. The van der Waals surface area contributed by atoms with Gasteiger partial charge in [0, 0.05) is 18.5 Å². The van der Waals surface area contributed by atoms with Gasteiger partial charge in [-0.1, -0.05) is 37.3 Å². The van der Waals surface area contributed by atoms with Crippen molar-refractivity contribution in [1.29, 1.82) is 0 Å². The fourth-order valence-electron chi connectivity index (χ4n) is 1.94. The number of aryl methyl sites for hydroxylation is 1. The Labute approximate surface area is 95.9 Å². The minimum absolute atomic E-state index is 0.769. The summed E-state index contributed by atoms with van der Waals surface area (Å²) in [6, 6.07) is 10.1. The SMILES string of the molecule is CCc1nc(-c2ccccc2)c(N)n1CC. The number of aromatic nitrogens is 2. The highest BCUT2D eigenvalue weighted by atomic mass is 15.1. The standard InChI is InChI=1S/C13H17N3/c1-3-11-15-12(13(14)16(11)4-2)10-8-6-5-7-9-10/h5-9H,3-4,14H2,1-2H3. The van der Waals surface area contributed by atoms with Gasteiger partial charge in [0.2, 0.25) is 0 Å². The van der Waals surface area contributed by atoms with Gasteiger partial charge in [-0.15, -0.1) is 0 Å². The maximum Gasteiger partial charge on any atom is 0.131 e. The zero-order valence-electron chi connectivity index (χ0n) is 9.77.